The molecule has 0 aromatic carbocycles. The summed E-state index contributed by atoms with van der Waals surface area (Å²) in [5.74, 6) is 1.72. The minimum atomic E-state index is 0. The van der Waals surface area contributed by atoms with E-state index in [-0.39, 0.29) is 12.4 Å². The largest absolute Gasteiger partial charge is 0.340 e. The number of carbonyl (C=O) groups excluding carboxylic acids is 1. The van der Waals surface area contributed by atoms with Gasteiger partial charge in [0.1, 0.15) is 0 Å². The maximum absolute atomic E-state index is 12.4. The van der Waals surface area contributed by atoms with Crippen LogP contribution in [-0.4, -0.2) is 58.9 Å². The van der Waals surface area contributed by atoms with E-state index >= 15 is 0 Å². The predicted octanol–water partition coefficient (Wildman–Crippen LogP) is 4.60. The Labute approximate surface area is 161 Å². The molecule has 1 aliphatic carbocycles. The van der Waals surface area contributed by atoms with Gasteiger partial charge in [0, 0.05) is 49.6 Å². The van der Waals surface area contributed by atoms with Crippen LogP contribution in [0.25, 0.3) is 0 Å². The molecule has 0 N–H and O–H groups in total. The van der Waals surface area contributed by atoms with Crippen molar-refractivity contribution in [3.63, 3.8) is 0 Å². The molecule has 24 heavy (non-hydrogen) atoms. The van der Waals surface area contributed by atoms with Gasteiger partial charge in [-0.1, -0.05) is 47.3 Å². The first-order chi connectivity index (χ1) is 11.3. The Bertz CT molecular complexity index is 366. The second kappa shape index (κ2) is 11.2. The molecule has 3 nitrogen and oxygen atoms in total. The van der Waals surface area contributed by atoms with Crippen molar-refractivity contribution in [2.75, 3.05) is 31.9 Å². The summed E-state index contributed by atoms with van der Waals surface area (Å²) in [7, 11) is 4.08. The summed E-state index contributed by atoms with van der Waals surface area (Å²) >= 11 is 0. The first-order valence-electron chi connectivity index (χ1n) is 9.63. The Morgan fingerprint density at radius 1 is 0.958 bits per heavy atom. The normalized spacial score (nSPS) is 26.3. The maximum atomic E-state index is 12.4. The molecule has 0 bridgehead atoms. The lowest BCUT2D eigenvalue weighted by atomic mass is 9.94. The molecule has 0 aromatic rings. The maximum Gasteiger partial charge on any atom is 0.222 e. The lowest BCUT2D eigenvalue weighted by molar-refractivity contribution is -0.133. The van der Waals surface area contributed by atoms with E-state index in [0.717, 1.165) is 50.3 Å². The fourth-order valence-corrected chi connectivity index (χ4v) is 7.18. The van der Waals surface area contributed by atoms with E-state index in [1.165, 1.54) is 57.1 Å². The smallest absolute Gasteiger partial charge is 0.222 e. The molecule has 3 rings (SSSR count). The Morgan fingerprint density at radius 2 is 1.71 bits per heavy atom. The molecule has 2 heterocycles. The number of nitrogens with zero attached hydrogens (tertiary/aromatic N) is 2. The third-order valence-corrected chi connectivity index (χ3v) is 8.66. The van der Waals surface area contributed by atoms with Crippen LogP contribution < -0.4 is 0 Å². The van der Waals surface area contributed by atoms with Crippen LogP contribution in [0.5, 0.6) is 0 Å². The highest BCUT2D eigenvalue weighted by Crippen LogP contribution is 2.39. The molecule has 1 amide bonds. The van der Waals surface area contributed by atoms with Crippen LogP contribution in [0.2, 0.25) is 0 Å². The first-order valence-corrected chi connectivity index (χ1v) is 12.0. The van der Waals surface area contributed by atoms with E-state index in [1.54, 1.807) is 0 Å². The highest BCUT2D eigenvalue weighted by atomic mass is 35.5. The van der Waals surface area contributed by atoms with Crippen molar-refractivity contribution in [2.24, 2.45) is 0 Å². The highest BCUT2D eigenvalue weighted by Gasteiger charge is 2.26. The van der Waals surface area contributed by atoms with Gasteiger partial charge in [-0.3, -0.25) is 9.69 Å². The van der Waals surface area contributed by atoms with Gasteiger partial charge in [0.15, 0.2) is 0 Å². The lowest BCUT2D eigenvalue weighted by Crippen LogP contribution is -2.52. The summed E-state index contributed by atoms with van der Waals surface area (Å²) in [6.45, 7) is 4.13. The fraction of sp³-hybridized carbons (Fsp3) is 0.944. The summed E-state index contributed by atoms with van der Waals surface area (Å²) in [5, 5.41) is 0.856. The van der Waals surface area contributed by atoms with E-state index in [1.807, 2.05) is 10.8 Å². The summed E-state index contributed by atoms with van der Waals surface area (Å²) in [6, 6.07) is 0.808. The topological polar surface area (TPSA) is 23.6 Å². The quantitative estimate of drug-likeness (QED) is 0.486. The number of halogens is 1. The van der Waals surface area contributed by atoms with E-state index in [9.17, 15) is 4.79 Å². The average Bonchev–Trinajstić information content (AvgIpc) is 3.13. The number of unbranched alkanes of at least 4 members (excludes halogenated alkanes) is 1. The molecule has 0 aromatic heterocycles. The minimum absolute atomic E-state index is 0. The standard InChI is InChI=1S/C18H32N2OS2.ClH/c21-18(9-5-4-8-17-10-15-22-23-17)20-13-11-19(12-14-20)16-6-2-1-3-7-16;/h16-17H,1-15H2;1H. The van der Waals surface area contributed by atoms with Gasteiger partial charge in [0.2, 0.25) is 5.91 Å². The van der Waals surface area contributed by atoms with Gasteiger partial charge in [0.05, 0.1) is 0 Å². The van der Waals surface area contributed by atoms with Gasteiger partial charge in [0.25, 0.3) is 0 Å². The van der Waals surface area contributed by atoms with Crippen LogP contribution in [0, 0.1) is 0 Å². The van der Waals surface area contributed by atoms with Gasteiger partial charge in [-0.05, 0) is 32.1 Å². The van der Waals surface area contributed by atoms with E-state index < -0.39 is 0 Å². The SMILES string of the molecule is Cl.O=C(CCCCC1CCSS1)N1CCN(C2CCCCC2)CC1. The highest BCUT2D eigenvalue weighted by molar-refractivity contribution is 8.77. The molecule has 1 saturated carbocycles. The van der Waals surface area contributed by atoms with Gasteiger partial charge in [-0.2, -0.15) is 0 Å². The van der Waals surface area contributed by atoms with Gasteiger partial charge >= 0.3 is 0 Å². The number of piperazine rings is 1. The third kappa shape index (κ3) is 6.30. The zero-order chi connectivity index (χ0) is 15.9. The van der Waals surface area contributed by atoms with Crippen molar-refractivity contribution < 1.29 is 4.79 Å². The van der Waals surface area contributed by atoms with Crippen molar-refractivity contribution in [2.45, 2.75) is 75.5 Å². The van der Waals surface area contributed by atoms with Crippen molar-refractivity contribution in [3.8, 4) is 0 Å². The molecule has 0 radical (unpaired) electrons. The molecule has 140 valence electrons. The number of carbonyl (C=O) groups is 1. The van der Waals surface area contributed by atoms with Crippen LogP contribution in [0.4, 0.5) is 0 Å². The van der Waals surface area contributed by atoms with Crippen LogP contribution >= 0.6 is 34.0 Å². The van der Waals surface area contributed by atoms with Gasteiger partial charge in [-0.15, -0.1) is 12.4 Å². The Kier molecular flexibility index (Phi) is 9.67. The minimum Gasteiger partial charge on any atom is -0.340 e. The summed E-state index contributed by atoms with van der Waals surface area (Å²) in [6.07, 6.45) is 12.8. The van der Waals surface area contributed by atoms with Crippen molar-refractivity contribution in [1.29, 1.82) is 0 Å². The van der Waals surface area contributed by atoms with Crippen LogP contribution in [0.1, 0.15) is 64.2 Å². The molecule has 1 atom stereocenters. The molecule has 2 aliphatic heterocycles. The number of hydrogen-bond donors (Lipinski definition) is 0. The molecular weight excluding hydrogens is 360 g/mol. The third-order valence-electron chi connectivity index (χ3n) is 5.65. The molecular formula is C18H33ClN2OS2. The fourth-order valence-electron chi connectivity index (χ4n) is 4.15. The molecule has 1 unspecified atom stereocenters. The second-order valence-corrected chi connectivity index (χ2v) is 10.1. The van der Waals surface area contributed by atoms with E-state index in [0.29, 0.717) is 5.91 Å². The van der Waals surface area contributed by atoms with Crippen LogP contribution in [0.15, 0.2) is 0 Å². The summed E-state index contributed by atoms with van der Waals surface area (Å²) < 4.78 is 0. The second-order valence-electron chi connectivity index (χ2n) is 7.28. The van der Waals surface area contributed by atoms with E-state index in [4.69, 9.17) is 0 Å². The first kappa shape index (κ1) is 20.7. The van der Waals surface area contributed by atoms with Gasteiger partial charge in [-0.25, -0.2) is 0 Å². The van der Waals surface area contributed by atoms with E-state index in [2.05, 4.69) is 20.6 Å². The number of rotatable bonds is 6. The van der Waals surface area contributed by atoms with Crippen LogP contribution in [0.3, 0.4) is 0 Å². The lowest BCUT2D eigenvalue weighted by Gasteiger charge is -2.40. The Hall–Kier alpha value is 0.420. The molecule has 0 spiro atoms. The predicted molar refractivity (Wildman–Crippen MR) is 109 cm³/mol. The summed E-state index contributed by atoms with van der Waals surface area (Å²) in [4.78, 5) is 17.2. The Morgan fingerprint density at radius 3 is 2.38 bits per heavy atom. The average molecular weight is 393 g/mol. The molecule has 3 aliphatic rings. The van der Waals surface area contributed by atoms with Crippen molar-refractivity contribution >= 4 is 39.9 Å². The number of amides is 1. The number of hydrogen-bond acceptors (Lipinski definition) is 4. The summed E-state index contributed by atoms with van der Waals surface area (Å²) in [5.41, 5.74) is 0. The molecule has 2 saturated heterocycles. The molecule has 6 heteroatoms. The van der Waals surface area contributed by atoms with Crippen LogP contribution in [-0.2, 0) is 4.79 Å². The Balaban J connectivity index is 0.00000208. The van der Waals surface area contributed by atoms with Crippen molar-refractivity contribution in [3.05, 3.63) is 0 Å². The zero-order valence-electron chi connectivity index (χ0n) is 14.8. The van der Waals surface area contributed by atoms with Gasteiger partial charge < -0.3 is 4.90 Å². The monoisotopic (exact) mass is 392 g/mol. The molecule has 3 fully saturated rings. The zero-order valence-corrected chi connectivity index (χ0v) is 17.2. The van der Waals surface area contributed by atoms with Crippen molar-refractivity contribution in [1.82, 2.24) is 9.80 Å².